The van der Waals surface area contributed by atoms with Gasteiger partial charge in [-0.2, -0.15) is 0 Å². The van der Waals surface area contributed by atoms with Crippen molar-refractivity contribution in [2.75, 3.05) is 14.2 Å². The van der Waals surface area contributed by atoms with Crippen molar-refractivity contribution >= 4 is 11.9 Å². The summed E-state index contributed by atoms with van der Waals surface area (Å²) in [5.74, 6) is 0.757. The molecule has 0 aromatic heterocycles. The van der Waals surface area contributed by atoms with E-state index in [-0.39, 0.29) is 11.5 Å². The Balaban J connectivity index is 2.21. The molecule has 0 aliphatic heterocycles. The second-order valence-electron chi connectivity index (χ2n) is 4.33. The summed E-state index contributed by atoms with van der Waals surface area (Å²) in [5.41, 5.74) is 1.20. The number of ether oxygens (including phenoxy) is 2. The van der Waals surface area contributed by atoms with E-state index in [9.17, 15) is 9.90 Å². The molecule has 0 saturated carbocycles. The number of para-hydroxylation sites is 1. The monoisotopic (exact) mass is 284 g/mol. The normalized spacial score (nSPS) is 10.6. The van der Waals surface area contributed by atoms with Crippen molar-refractivity contribution in [3.05, 3.63) is 59.7 Å². The number of ketones is 1. The lowest BCUT2D eigenvalue weighted by atomic mass is 10.1. The van der Waals surface area contributed by atoms with Gasteiger partial charge in [0.15, 0.2) is 17.3 Å². The molecule has 0 fully saturated rings. The summed E-state index contributed by atoms with van der Waals surface area (Å²) in [4.78, 5) is 12.1. The molecule has 1 N–H and O–H groups in total. The third kappa shape index (κ3) is 3.42. The van der Waals surface area contributed by atoms with E-state index in [0.717, 1.165) is 5.56 Å². The van der Waals surface area contributed by atoms with Gasteiger partial charge in [-0.1, -0.05) is 18.2 Å². The fraction of sp³-hybridized carbons (Fsp3) is 0.118. The fourth-order valence-electron chi connectivity index (χ4n) is 1.91. The second-order valence-corrected chi connectivity index (χ2v) is 4.33. The minimum Gasteiger partial charge on any atom is -0.504 e. The minimum atomic E-state index is -0.209. The molecule has 0 radical (unpaired) electrons. The summed E-state index contributed by atoms with van der Waals surface area (Å²) in [5, 5.41) is 9.69. The Kier molecular flexibility index (Phi) is 4.61. The number of allylic oxidation sites excluding steroid dienone is 1. The smallest absolute Gasteiger partial charge is 0.185 e. The molecular weight excluding hydrogens is 268 g/mol. The van der Waals surface area contributed by atoms with Crippen LogP contribution >= 0.6 is 0 Å². The summed E-state index contributed by atoms with van der Waals surface area (Å²) in [6.07, 6.45) is 3.13. The SMILES string of the molecule is COc1ccc(C(=O)/C=C/c2ccccc2OC)cc1O. The summed E-state index contributed by atoms with van der Waals surface area (Å²) in [6.45, 7) is 0. The molecule has 2 aromatic rings. The Morgan fingerprint density at radius 2 is 1.76 bits per heavy atom. The quantitative estimate of drug-likeness (QED) is 0.676. The molecule has 0 amide bonds. The highest BCUT2D eigenvalue weighted by atomic mass is 16.5. The van der Waals surface area contributed by atoms with Crippen LogP contribution in [-0.2, 0) is 0 Å². The van der Waals surface area contributed by atoms with Gasteiger partial charge in [-0.25, -0.2) is 0 Å². The first-order valence-corrected chi connectivity index (χ1v) is 6.38. The van der Waals surface area contributed by atoms with Crippen LogP contribution in [0.4, 0.5) is 0 Å². The lowest BCUT2D eigenvalue weighted by Crippen LogP contribution is -1.95. The number of phenols is 1. The Hall–Kier alpha value is -2.75. The van der Waals surface area contributed by atoms with E-state index >= 15 is 0 Å². The van der Waals surface area contributed by atoms with Crippen LogP contribution in [0.3, 0.4) is 0 Å². The average molecular weight is 284 g/mol. The van der Waals surface area contributed by atoms with Crippen LogP contribution in [0.5, 0.6) is 17.2 Å². The maximum Gasteiger partial charge on any atom is 0.185 e. The number of hydrogen-bond acceptors (Lipinski definition) is 4. The van der Waals surface area contributed by atoms with E-state index in [4.69, 9.17) is 9.47 Å². The van der Waals surface area contributed by atoms with Gasteiger partial charge in [0, 0.05) is 11.1 Å². The van der Waals surface area contributed by atoms with Gasteiger partial charge < -0.3 is 14.6 Å². The second kappa shape index (κ2) is 6.61. The number of methoxy groups -OCH3 is 2. The first kappa shape index (κ1) is 14.7. The van der Waals surface area contributed by atoms with E-state index in [0.29, 0.717) is 17.1 Å². The largest absolute Gasteiger partial charge is 0.504 e. The molecule has 0 aliphatic rings. The first-order valence-electron chi connectivity index (χ1n) is 6.38. The summed E-state index contributed by atoms with van der Waals surface area (Å²) >= 11 is 0. The lowest BCUT2D eigenvalue weighted by Gasteiger charge is -2.05. The molecule has 0 bridgehead atoms. The van der Waals surface area contributed by atoms with E-state index in [2.05, 4.69) is 0 Å². The third-order valence-corrected chi connectivity index (χ3v) is 3.02. The van der Waals surface area contributed by atoms with Crippen molar-refractivity contribution < 1.29 is 19.4 Å². The van der Waals surface area contributed by atoms with Gasteiger partial charge in [-0.05, 0) is 36.4 Å². The van der Waals surface area contributed by atoms with Crippen LogP contribution in [0.2, 0.25) is 0 Å². The number of hydrogen-bond donors (Lipinski definition) is 1. The Morgan fingerprint density at radius 3 is 2.43 bits per heavy atom. The molecule has 0 heterocycles. The molecule has 0 unspecified atom stereocenters. The van der Waals surface area contributed by atoms with E-state index in [1.807, 2.05) is 24.3 Å². The fourth-order valence-corrected chi connectivity index (χ4v) is 1.91. The van der Waals surface area contributed by atoms with Crippen molar-refractivity contribution in [3.8, 4) is 17.2 Å². The molecule has 0 saturated heterocycles. The lowest BCUT2D eigenvalue weighted by molar-refractivity contribution is 0.104. The van der Waals surface area contributed by atoms with Crippen LogP contribution < -0.4 is 9.47 Å². The van der Waals surface area contributed by atoms with Crippen molar-refractivity contribution in [1.29, 1.82) is 0 Å². The van der Waals surface area contributed by atoms with Gasteiger partial charge in [-0.15, -0.1) is 0 Å². The van der Waals surface area contributed by atoms with E-state index in [1.54, 1.807) is 25.3 Å². The average Bonchev–Trinajstić information content (AvgIpc) is 2.52. The molecule has 108 valence electrons. The van der Waals surface area contributed by atoms with E-state index in [1.165, 1.54) is 19.3 Å². The number of phenolic OH excluding ortho intramolecular Hbond substituents is 1. The summed E-state index contributed by atoms with van der Waals surface area (Å²) in [6, 6.07) is 11.9. The maximum absolute atomic E-state index is 12.1. The predicted octanol–water partition coefficient (Wildman–Crippen LogP) is 3.31. The van der Waals surface area contributed by atoms with Gasteiger partial charge >= 0.3 is 0 Å². The van der Waals surface area contributed by atoms with Crippen LogP contribution in [0.1, 0.15) is 15.9 Å². The topological polar surface area (TPSA) is 55.8 Å². The zero-order valence-corrected chi connectivity index (χ0v) is 11.9. The number of carbonyl (C=O) groups is 1. The molecule has 2 aromatic carbocycles. The predicted molar refractivity (Wildman–Crippen MR) is 81.0 cm³/mol. The molecule has 0 aliphatic carbocycles. The van der Waals surface area contributed by atoms with Crippen molar-refractivity contribution in [1.82, 2.24) is 0 Å². The van der Waals surface area contributed by atoms with E-state index < -0.39 is 0 Å². The van der Waals surface area contributed by atoms with Crippen molar-refractivity contribution in [3.63, 3.8) is 0 Å². The van der Waals surface area contributed by atoms with Gasteiger partial charge in [0.2, 0.25) is 0 Å². The van der Waals surface area contributed by atoms with Gasteiger partial charge in [-0.3, -0.25) is 4.79 Å². The number of aromatic hydroxyl groups is 1. The Bertz CT molecular complexity index is 674. The van der Waals surface area contributed by atoms with Crippen LogP contribution in [0.15, 0.2) is 48.5 Å². The Morgan fingerprint density at radius 1 is 1.05 bits per heavy atom. The zero-order valence-electron chi connectivity index (χ0n) is 11.9. The molecule has 4 nitrogen and oxygen atoms in total. The highest BCUT2D eigenvalue weighted by Gasteiger charge is 2.07. The third-order valence-electron chi connectivity index (χ3n) is 3.02. The molecule has 21 heavy (non-hydrogen) atoms. The first-order chi connectivity index (χ1) is 10.2. The van der Waals surface area contributed by atoms with Crippen LogP contribution in [0, 0.1) is 0 Å². The summed E-state index contributed by atoms with van der Waals surface area (Å²) < 4.78 is 10.2. The zero-order chi connectivity index (χ0) is 15.2. The van der Waals surface area contributed by atoms with Gasteiger partial charge in [0.25, 0.3) is 0 Å². The highest BCUT2D eigenvalue weighted by molar-refractivity contribution is 6.07. The standard InChI is InChI=1S/C17H16O4/c1-20-16-6-4-3-5-12(16)7-9-14(18)13-8-10-17(21-2)15(19)11-13/h3-11,19H,1-2H3/b9-7+. The number of carbonyl (C=O) groups excluding carboxylic acids is 1. The van der Waals surface area contributed by atoms with Crippen LogP contribution in [-0.4, -0.2) is 25.1 Å². The number of benzene rings is 2. The molecule has 0 atom stereocenters. The Labute approximate surface area is 123 Å². The minimum absolute atomic E-state index is 0.0611. The van der Waals surface area contributed by atoms with Gasteiger partial charge in [0.05, 0.1) is 14.2 Å². The van der Waals surface area contributed by atoms with Crippen molar-refractivity contribution in [2.24, 2.45) is 0 Å². The van der Waals surface area contributed by atoms with Crippen LogP contribution in [0.25, 0.3) is 6.08 Å². The summed E-state index contributed by atoms with van der Waals surface area (Å²) in [7, 11) is 3.04. The molecular formula is C17H16O4. The maximum atomic E-state index is 12.1. The molecule has 0 spiro atoms. The van der Waals surface area contributed by atoms with Gasteiger partial charge in [0.1, 0.15) is 5.75 Å². The number of rotatable bonds is 5. The molecule has 2 rings (SSSR count). The van der Waals surface area contributed by atoms with Crippen molar-refractivity contribution in [2.45, 2.75) is 0 Å². The highest BCUT2D eigenvalue weighted by Crippen LogP contribution is 2.26. The molecule has 4 heteroatoms.